The summed E-state index contributed by atoms with van der Waals surface area (Å²) in [6.45, 7) is 3.70. The van der Waals surface area contributed by atoms with Crippen LogP contribution in [0.2, 0.25) is 0 Å². The van der Waals surface area contributed by atoms with Gasteiger partial charge in [0.15, 0.2) is 0 Å². The largest absolute Gasteiger partial charge is 0.348 e. The number of thioether (sulfide) groups is 1. The van der Waals surface area contributed by atoms with E-state index in [9.17, 15) is 14.0 Å². The summed E-state index contributed by atoms with van der Waals surface area (Å²) >= 11 is 1.49. The van der Waals surface area contributed by atoms with Gasteiger partial charge in [0.1, 0.15) is 17.2 Å². The van der Waals surface area contributed by atoms with Gasteiger partial charge < -0.3 is 10.2 Å². The van der Waals surface area contributed by atoms with Crippen molar-refractivity contribution in [3.63, 3.8) is 0 Å². The van der Waals surface area contributed by atoms with E-state index < -0.39 is 6.04 Å². The number of nitrogens with zero attached hydrogens (tertiary/aromatic N) is 1. The number of rotatable bonds is 5. The van der Waals surface area contributed by atoms with Crippen LogP contribution in [-0.4, -0.2) is 28.5 Å². The molecule has 27 heavy (non-hydrogen) atoms. The fraction of sp³-hybridized carbons (Fsp3) is 0.333. The van der Waals surface area contributed by atoms with Crippen molar-refractivity contribution in [1.82, 2.24) is 10.2 Å². The Kier molecular flexibility index (Phi) is 6.16. The van der Waals surface area contributed by atoms with Crippen LogP contribution >= 0.6 is 11.8 Å². The second-order valence-corrected chi connectivity index (χ2v) is 7.67. The fourth-order valence-electron chi connectivity index (χ4n) is 3.25. The minimum Gasteiger partial charge on any atom is -0.348 e. The first kappa shape index (κ1) is 19.4. The number of nitrogens with one attached hydrogen (secondary N) is 1. The molecule has 2 amide bonds. The summed E-state index contributed by atoms with van der Waals surface area (Å²) in [5.41, 5.74) is 1.71. The number of halogens is 1. The van der Waals surface area contributed by atoms with Crippen LogP contribution in [0.4, 0.5) is 4.39 Å². The van der Waals surface area contributed by atoms with Crippen molar-refractivity contribution in [1.29, 1.82) is 0 Å². The Hall–Kier alpha value is -2.34. The molecule has 0 bridgehead atoms. The van der Waals surface area contributed by atoms with E-state index >= 15 is 0 Å². The average Bonchev–Trinajstić information content (AvgIpc) is 3.13. The molecule has 3 rings (SSSR count). The highest BCUT2D eigenvalue weighted by Gasteiger charge is 2.41. The number of hydrogen-bond donors (Lipinski definition) is 1. The first-order valence-electron chi connectivity index (χ1n) is 9.04. The molecule has 1 saturated heterocycles. The Morgan fingerprint density at radius 2 is 1.96 bits per heavy atom. The van der Waals surface area contributed by atoms with Gasteiger partial charge in [-0.2, -0.15) is 0 Å². The maximum absolute atomic E-state index is 13.7. The van der Waals surface area contributed by atoms with Crippen molar-refractivity contribution >= 4 is 23.6 Å². The third-order valence-electron chi connectivity index (χ3n) is 4.69. The third kappa shape index (κ3) is 4.33. The molecule has 2 aromatic rings. The topological polar surface area (TPSA) is 49.4 Å². The van der Waals surface area contributed by atoms with Gasteiger partial charge in [-0.1, -0.05) is 49.4 Å². The molecule has 1 aliphatic rings. The van der Waals surface area contributed by atoms with Crippen molar-refractivity contribution in [3.05, 3.63) is 71.5 Å². The van der Waals surface area contributed by atoms with Crippen molar-refractivity contribution < 1.29 is 14.0 Å². The predicted octanol–water partition coefficient (Wildman–Crippen LogP) is 4.06. The van der Waals surface area contributed by atoms with Crippen LogP contribution in [0.25, 0.3) is 0 Å². The molecule has 1 fully saturated rings. The Morgan fingerprint density at radius 3 is 2.63 bits per heavy atom. The lowest BCUT2D eigenvalue weighted by Crippen LogP contribution is -2.48. The van der Waals surface area contributed by atoms with Gasteiger partial charge in [-0.3, -0.25) is 9.59 Å². The van der Waals surface area contributed by atoms with Crippen LogP contribution in [-0.2, 0) is 9.59 Å². The van der Waals surface area contributed by atoms with E-state index in [1.165, 1.54) is 23.9 Å². The molecular formula is C21H23FN2O2S. The predicted molar refractivity (Wildman–Crippen MR) is 106 cm³/mol. The van der Waals surface area contributed by atoms with E-state index in [0.29, 0.717) is 17.7 Å². The van der Waals surface area contributed by atoms with Crippen molar-refractivity contribution in [3.8, 4) is 0 Å². The molecule has 0 saturated carbocycles. The van der Waals surface area contributed by atoms with E-state index in [-0.39, 0.29) is 29.0 Å². The molecule has 0 radical (unpaired) electrons. The number of carbonyl (C=O) groups excluding carboxylic acids is 2. The van der Waals surface area contributed by atoms with Gasteiger partial charge in [0.2, 0.25) is 11.8 Å². The minimum absolute atomic E-state index is 0.109. The molecule has 1 N–H and O–H groups in total. The summed E-state index contributed by atoms with van der Waals surface area (Å²) in [6.07, 6.45) is 0.296. The summed E-state index contributed by atoms with van der Waals surface area (Å²) in [5, 5.41) is 2.66. The van der Waals surface area contributed by atoms with Crippen LogP contribution in [0.3, 0.4) is 0 Å². The molecule has 1 heterocycles. The van der Waals surface area contributed by atoms with Crippen LogP contribution in [0.1, 0.15) is 42.8 Å². The molecule has 6 heteroatoms. The highest BCUT2D eigenvalue weighted by atomic mass is 32.2. The number of hydrogen-bond acceptors (Lipinski definition) is 3. The third-order valence-corrected chi connectivity index (χ3v) is 6.01. The molecule has 0 aliphatic carbocycles. The lowest BCUT2D eigenvalue weighted by atomic mass is 10.1. The molecular weight excluding hydrogens is 363 g/mol. The maximum Gasteiger partial charge on any atom is 0.244 e. The lowest BCUT2D eigenvalue weighted by Gasteiger charge is -2.29. The average molecular weight is 386 g/mol. The van der Waals surface area contributed by atoms with E-state index in [1.807, 2.05) is 37.3 Å². The minimum atomic E-state index is -0.568. The Morgan fingerprint density at radius 1 is 1.22 bits per heavy atom. The van der Waals surface area contributed by atoms with Crippen molar-refractivity contribution in [2.24, 2.45) is 0 Å². The molecule has 3 unspecified atom stereocenters. The zero-order valence-electron chi connectivity index (χ0n) is 15.4. The van der Waals surface area contributed by atoms with Crippen LogP contribution < -0.4 is 5.32 Å². The highest BCUT2D eigenvalue weighted by molar-refractivity contribution is 7.99. The zero-order chi connectivity index (χ0) is 19.4. The van der Waals surface area contributed by atoms with Gasteiger partial charge in [-0.25, -0.2) is 4.39 Å². The van der Waals surface area contributed by atoms with Gasteiger partial charge in [-0.15, -0.1) is 11.8 Å². The summed E-state index contributed by atoms with van der Waals surface area (Å²) in [6, 6.07) is 15.2. The molecule has 0 spiro atoms. The van der Waals surface area contributed by atoms with E-state index in [0.717, 1.165) is 5.56 Å². The van der Waals surface area contributed by atoms with E-state index in [4.69, 9.17) is 0 Å². The number of benzene rings is 2. The Balaban J connectivity index is 1.79. The highest BCUT2D eigenvalue weighted by Crippen LogP contribution is 2.42. The van der Waals surface area contributed by atoms with E-state index in [2.05, 4.69) is 5.32 Å². The molecule has 2 aromatic carbocycles. The van der Waals surface area contributed by atoms with Crippen molar-refractivity contribution in [2.45, 2.75) is 37.7 Å². The van der Waals surface area contributed by atoms with Crippen LogP contribution in [0.5, 0.6) is 0 Å². The first-order chi connectivity index (χ1) is 13.0. The summed E-state index contributed by atoms with van der Waals surface area (Å²) in [4.78, 5) is 27.1. The fourth-order valence-corrected chi connectivity index (χ4v) is 4.69. The van der Waals surface area contributed by atoms with E-state index in [1.54, 1.807) is 24.0 Å². The Bertz CT molecular complexity index is 815. The first-order valence-corrected chi connectivity index (χ1v) is 10.1. The molecule has 0 aromatic heterocycles. The molecule has 1 aliphatic heterocycles. The molecule has 4 nitrogen and oxygen atoms in total. The van der Waals surface area contributed by atoms with Gasteiger partial charge in [0.25, 0.3) is 0 Å². The summed E-state index contributed by atoms with van der Waals surface area (Å²) in [7, 11) is 0. The van der Waals surface area contributed by atoms with Crippen LogP contribution in [0.15, 0.2) is 54.6 Å². The summed E-state index contributed by atoms with van der Waals surface area (Å²) in [5.74, 6) is -0.149. The molecule has 142 valence electrons. The van der Waals surface area contributed by atoms with Gasteiger partial charge >= 0.3 is 0 Å². The molecule has 3 atom stereocenters. The second-order valence-electron chi connectivity index (χ2n) is 6.55. The van der Waals surface area contributed by atoms with Crippen molar-refractivity contribution in [2.75, 3.05) is 5.75 Å². The monoisotopic (exact) mass is 386 g/mol. The normalized spacial score (nSPS) is 20.3. The smallest absolute Gasteiger partial charge is 0.244 e. The standard InChI is InChI=1S/C21H23FN2O2S/c1-3-19(25)24-18(13-27-21(24)16-10-7-11-17(22)12-16)20(26)23-14(2)15-8-5-4-6-9-15/h4-12,14,18,21H,3,13H2,1-2H3,(H,23,26). The lowest BCUT2D eigenvalue weighted by molar-refractivity contribution is -0.139. The number of amides is 2. The van der Waals surface area contributed by atoms with Gasteiger partial charge in [0, 0.05) is 12.2 Å². The maximum atomic E-state index is 13.7. The number of carbonyl (C=O) groups is 2. The SMILES string of the molecule is CCC(=O)N1C(C(=O)NC(C)c2ccccc2)CSC1c1cccc(F)c1. The Labute approximate surface area is 163 Å². The van der Waals surface area contributed by atoms with Gasteiger partial charge in [-0.05, 0) is 30.2 Å². The van der Waals surface area contributed by atoms with Crippen LogP contribution in [0, 0.1) is 5.82 Å². The summed E-state index contributed by atoms with van der Waals surface area (Å²) < 4.78 is 13.7. The quantitative estimate of drug-likeness (QED) is 0.843. The second kappa shape index (κ2) is 8.57. The van der Waals surface area contributed by atoms with Gasteiger partial charge in [0.05, 0.1) is 6.04 Å². The zero-order valence-corrected chi connectivity index (χ0v) is 16.2.